The van der Waals surface area contributed by atoms with Crippen molar-refractivity contribution in [1.82, 2.24) is 5.32 Å². The third-order valence-corrected chi connectivity index (χ3v) is 6.92. The van der Waals surface area contributed by atoms with Gasteiger partial charge in [0, 0.05) is 34.9 Å². The Hall–Kier alpha value is -3.80. The third-order valence-electron chi connectivity index (χ3n) is 6.92. The van der Waals surface area contributed by atoms with Gasteiger partial charge in [0.1, 0.15) is 5.82 Å². The van der Waals surface area contributed by atoms with Crippen molar-refractivity contribution in [3.8, 4) is 0 Å². The fourth-order valence-electron chi connectivity index (χ4n) is 4.76. The van der Waals surface area contributed by atoms with Gasteiger partial charge in [0.05, 0.1) is 18.0 Å². The first-order valence-corrected chi connectivity index (χ1v) is 12.5. The summed E-state index contributed by atoms with van der Waals surface area (Å²) in [6.07, 6.45) is -6.48. The molecule has 12 heteroatoms. The molecule has 1 saturated carbocycles. The second kappa shape index (κ2) is 11.5. The number of nitrogens with two attached hydrogens (primary N) is 1. The van der Waals surface area contributed by atoms with Crippen LogP contribution in [0.5, 0.6) is 0 Å². The number of hydrogen-bond acceptors (Lipinski definition) is 5. The van der Waals surface area contributed by atoms with Gasteiger partial charge in [-0.15, -0.1) is 0 Å². The lowest BCUT2D eigenvalue weighted by molar-refractivity contribution is -0.146. The van der Waals surface area contributed by atoms with Crippen LogP contribution in [-0.4, -0.2) is 40.9 Å². The SMILES string of the molecule is NC(=O)[C@@H](CC1CC1)[C@@H](CCC(F)(F)F)C(=O)N[C@H]1N=C(c2cccc(F)c2)c2cccc(CO)c2NC1=O. The van der Waals surface area contributed by atoms with Crippen molar-refractivity contribution < 1.29 is 37.1 Å². The first-order valence-electron chi connectivity index (χ1n) is 12.5. The summed E-state index contributed by atoms with van der Waals surface area (Å²) in [4.78, 5) is 43.2. The maximum absolute atomic E-state index is 14.1. The van der Waals surface area contributed by atoms with Crippen LogP contribution < -0.4 is 16.4 Å². The number of primary amides is 1. The standard InChI is InChI=1S/C27H28F4N4O4/c28-17-5-1-3-15(12-17)21-19-6-2-4-16(13-36)22(19)34-26(39)24(33-21)35-25(38)18(9-10-27(29,30)31)20(23(32)37)11-14-7-8-14/h1-6,12,14,18,20,24,36H,7-11,13H2,(H2,32,37)(H,34,39)(H,35,38)/t18-,20+,24-/m1/s1. The predicted molar refractivity (Wildman–Crippen MR) is 134 cm³/mol. The predicted octanol–water partition coefficient (Wildman–Crippen LogP) is 3.41. The number of aliphatic hydroxyl groups excluding tert-OH is 1. The van der Waals surface area contributed by atoms with Crippen LogP contribution in [0.4, 0.5) is 23.2 Å². The number of halogens is 4. The molecule has 0 spiro atoms. The van der Waals surface area contributed by atoms with E-state index in [1.165, 1.54) is 24.3 Å². The summed E-state index contributed by atoms with van der Waals surface area (Å²) in [5.41, 5.74) is 6.76. The zero-order valence-corrected chi connectivity index (χ0v) is 20.8. The van der Waals surface area contributed by atoms with Gasteiger partial charge in [0.2, 0.25) is 18.0 Å². The van der Waals surface area contributed by atoms with Crippen molar-refractivity contribution in [3.63, 3.8) is 0 Å². The van der Waals surface area contributed by atoms with Crippen molar-refractivity contribution in [2.24, 2.45) is 28.5 Å². The Morgan fingerprint density at radius 3 is 2.49 bits per heavy atom. The van der Waals surface area contributed by atoms with Crippen molar-refractivity contribution in [2.75, 3.05) is 5.32 Å². The summed E-state index contributed by atoms with van der Waals surface area (Å²) in [5.74, 6) is -5.78. The summed E-state index contributed by atoms with van der Waals surface area (Å²) >= 11 is 0. The molecule has 3 atom stereocenters. The number of nitrogens with one attached hydrogen (secondary N) is 2. The minimum Gasteiger partial charge on any atom is -0.392 e. The molecule has 2 aromatic carbocycles. The van der Waals surface area contributed by atoms with E-state index in [1.54, 1.807) is 18.2 Å². The minimum atomic E-state index is -4.58. The number of fused-ring (bicyclic) bond motifs is 1. The molecule has 2 aliphatic rings. The molecule has 0 unspecified atom stereocenters. The molecule has 1 fully saturated rings. The maximum Gasteiger partial charge on any atom is 0.389 e. The van der Waals surface area contributed by atoms with Gasteiger partial charge in [0.15, 0.2) is 0 Å². The number of para-hydroxylation sites is 1. The Bertz CT molecular complexity index is 1290. The van der Waals surface area contributed by atoms with Gasteiger partial charge in [-0.1, -0.05) is 43.2 Å². The van der Waals surface area contributed by atoms with Crippen LogP contribution in [0.1, 0.15) is 48.8 Å². The molecule has 208 valence electrons. The van der Waals surface area contributed by atoms with Gasteiger partial charge in [-0.3, -0.25) is 14.4 Å². The Kier molecular flexibility index (Phi) is 8.34. The summed E-state index contributed by atoms with van der Waals surface area (Å²) in [5, 5.41) is 14.8. The van der Waals surface area contributed by atoms with E-state index >= 15 is 0 Å². The van der Waals surface area contributed by atoms with Gasteiger partial charge in [-0.05, 0) is 30.9 Å². The fraction of sp³-hybridized carbons (Fsp3) is 0.407. The van der Waals surface area contributed by atoms with Crippen LogP contribution in [-0.2, 0) is 21.0 Å². The summed E-state index contributed by atoms with van der Waals surface area (Å²) in [7, 11) is 0. The molecule has 0 aromatic heterocycles. The molecule has 2 aromatic rings. The smallest absolute Gasteiger partial charge is 0.389 e. The lowest BCUT2D eigenvalue weighted by Crippen LogP contribution is -2.48. The molecule has 3 amide bonds. The number of alkyl halides is 3. The highest BCUT2D eigenvalue weighted by molar-refractivity contribution is 6.20. The van der Waals surface area contributed by atoms with E-state index in [0.29, 0.717) is 11.1 Å². The van der Waals surface area contributed by atoms with E-state index in [2.05, 4.69) is 15.6 Å². The number of hydrogen-bond donors (Lipinski definition) is 4. The molecule has 0 bridgehead atoms. The van der Waals surface area contributed by atoms with E-state index in [1.807, 2.05) is 0 Å². The van der Waals surface area contributed by atoms with E-state index in [4.69, 9.17) is 5.73 Å². The summed E-state index contributed by atoms with van der Waals surface area (Å²) in [6.45, 7) is -0.447. The zero-order chi connectivity index (χ0) is 28.3. The first kappa shape index (κ1) is 28.2. The number of aliphatic imine (C=N–C) groups is 1. The quantitative estimate of drug-likeness (QED) is 0.339. The first-order chi connectivity index (χ1) is 18.5. The van der Waals surface area contributed by atoms with Gasteiger partial charge in [-0.25, -0.2) is 9.38 Å². The molecule has 0 saturated heterocycles. The average molecular weight is 549 g/mol. The van der Waals surface area contributed by atoms with Crippen molar-refractivity contribution >= 4 is 29.1 Å². The van der Waals surface area contributed by atoms with Crippen LogP contribution >= 0.6 is 0 Å². The topological polar surface area (TPSA) is 134 Å². The van der Waals surface area contributed by atoms with Crippen molar-refractivity contribution in [3.05, 3.63) is 65.0 Å². The minimum absolute atomic E-state index is 0.0915. The van der Waals surface area contributed by atoms with Crippen molar-refractivity contribution in [2.45, 2.75) is 51.1 Å². The number of carbonyl (C=O) groups excluding carboxylic acids is 3. The van der Waals surface area contributed by atoms with Crippen LogP contribution in [0.3, 0.4) is 0 Å². The highest BCUT2D eigenvalue weighted by Crippen LogP contribution is 2.39. The molecular formula is C27H28F4N4O4. The number of benzene rings is 2. The monoisotopic (exact) mass is 548 g/mol. The molecule has 4 rings (SSSR count). The molecule has 5 N–H and O–H groups in total. The number of amides is 3. The van der Waals surface area contributed by atoms with Gasteiger partial charge in [0.25, 0.3) is 5.91 Å². The van der Waals surface area contributed by atoms with Crippen LogP contribution in [0, 0.1) is 23.6 Å². The Balaban J connectivity index is 1.71. The number of benzodiazepines with no additional fused rings is 1. The number of anilines is 1. The van der Waals surface area contributed by atoms with Crippen LogP contribution in [0.2, 0.25) is 0 Å². The average Bonchev–Trinajstić information content (AvgIpc) is 3.70. The molecule has 39 heavy (non-hydrogen) atoms. The third kappa shape index (κ3) is 6.99. The van der Waals surface area contributed by atoms with E-state index < -0.39 is 67.2 Å². The highest BCUT2D eigenvalue weighted by Gasteiger charge is 2.41. The second-order valence-corrected chi connectivity index (χ2v) is 9.83. The van der Waals surface area contributed by atoms with Gasteiger partial charge in [-0.2, -0.15) is 13.2 Å². The van der Waals surface area contributed by atoms with E-state index in [0.717, 1.165) is 12.8 Å². The number of rotatable bonds is 10. The Morgan fingerprint density at radius 1 is 1.15 bits per heavy atom. The maximum atomic E-state index is 14.1. The van der Waals surface area contributed by atoms with Crippen LogP contribution in [0.25, 0.3) is 0 Å². The normalized spacial score (nSPS) is 18.7. The Labute approximate surface area is 221 Å². The second-order valence-electron chi connectivity index (χ2n) is 9.83. The number of carbonyl (C=O) groups is 3. The van der Waals surface area contributed by atoms with E-state index in [9.17, 15) is 37.1 Å². The van der Waals surface area contributed by atoms with Gasteiger partial charge >= 0.3 is 6.18 Å². The molecule has 8 nitrogen and oxygen atoms in total. The molecule has 1 heterocycles. The van der Waals surface area contributed by atoms with Gasteiger partial charge < -0.3 is 21.5 Å². The van der Waals surface area contributed by atoms with E-state index in [-0.39, 0.29) is 29.3 Å². The zero-order valence-electron chi connectivity index (χ0n) is 20.8. The fourth-order valence-corrected chi connectivity index (χ4v) is 4.76. The highest BCUT2D eigenvalue weighted by atomic mass is 19.4. The number of nitrogens with zero attached hydrogens (tertiary/aromatic N) is 1. The Morgan fingerprint density at radius 2 is 1.87 bits per heavy atom. The summed E-state index contributed by atoms with van der Waals surface area (Å²) in [6, 6.07) is 10.1. The molecular weight excluding hydrogens is 520 g/mol. The lowest BCUT2D eigenvalue weighted by atomic mass is 9.83. The molecule has 0 radical (unpaired) electrons. The van der Waals surface area contributed by atoms with Crippen LogP contribution in [0.15, 0.2) is 47.5 Å². The number of aliphatic hydroxyl groups is 1. The molecule has 1 aliphatic heterocycles. The molecule has 1 aliphatic carbocycles. The van der Waals surface area contributed by atoms with Crippen molar-refractivity contribution in [1.29, 1.82) is 0 Å². The summed E-state index contributed by atoms with van der Waals surface area (Å²) < 4.78 is 53.4. The lowest BCUT2D eigenvalue weighted by Gasteiger charge is -2.26. The largest absolute Gasteiger partial charge is 0.392 e.